The van der Waals surface area contributed by atoms with E-state index in [-0.39, 0.29) is 18.3 Å². The van der Waals surface area contributed by atoms with Gasteiger partial charge in [0.15, 0.2) is 12.4 Å². The second kappa shape index (κ2) is 7.33. The van der Waals surface area contributed by atoms with Gasteiger partial charge in [-0.25, -0.2) is 9.67 Å². The maximum absolute atomic E-state index is 12.1. The van der Waals surface area contributed by atoms with Crippen LogP contribution in [-0.2, 0) is 6.73 Å². The van der Waals surface area contributed by atoms with Gasteiger partial charge in [-0.05, 0) is 36.4 Å². The molecule has 1 amide bonds. The Morgan fingerprint density at radius 1 is 1.17 bits per heavy atom. The second-order valence-corrected chi connectivity index (χ2v) is 5.66. The molecular formula is C16H12Cl2N4O2. The monoisotopic (exact) mass is 362 g/mol. The lowest BCUT2D eigenvalue weighted by Gasteiger charge is -2.06. The molecule has 2 aromatic heterocycles. The SMILES string of the molecule is O=C(Nc1ccc(Cl)cn1)c1ccn(COc2cccc(Cl)c2)n1. The summed E-state index contributed by atoms with van der Waals surface area (Å²) in [5.41, 5.74) is 0.251. The van der Waals surface area contributed by atoms with Gasteiger partial charge >= 0.3 is 0 Å². The Morgan fingerprint density at radius 2 is 2.04 bits per heavy atom. The van der Waals surface area contributed by atoms with Gasteiger partial charge in [0.1, 0.15) is 11.6 Å². The number of aromatic nitrogens is 3. The first kappa shape index (κ1) is 16.3. The summed E-state index contributed by atoms with van der Waals surface area (Å²) in [7, 11) is 0. The molecule has 1 N–H and O–H groups in total. The predicted molar refractivity (Wildman–Crippen MR) is 91.5 cm³/mol. The van der Waals surface area contributed by atoms with Crippen molar-refractivity contribution < 1.29 is 9.53 Å². The van der Waals surface area contributed by atoms with Crippen LogP contribution in [0.3, 0.4) is 0 Å². The van der Waals surface area contributed by atoms with Crippen molar-refractivity contribution in [3.63, 3.8) is 0 Å². The quantitative estimate of drug-likeness (QED) is 0.747. The van der Waals surface area contributed by atoms with Gasteiger partial charge in [-0.2, -0.15) is 5.10 Å². The van der Waals surface area contributed by atoms with E-state index >= 15 is 0 Å². The van der Waals surface area contributed by atoms with Crippen molar-refractivity contribution in [2.45, 2.75) is 6.73 Å². The molecule has 0 saturated carbocycles. The molecule has 0 aliphatic heterocycles. The van der Waals surface area contributed by atoms with Crippen LogP contribution in [0.2, 0.25) is 10.0 Å². The van der Waals surface area contributed by atoms with Crippen LogP contribution >= 0.6 is 23.2 Å². The standard InChI is InChI=1S/C16H12Cl2N4O2/c17-11-2-1-3-13(8-11)24-10-22-7-6-14(21-22)16(23)20-15-5-4-12(18)9-19-15/h1-9H,10H2,(H,19,20,23). The Kier molecular flexibility index (Phi) is 4.98. The highest BCUT2D eigenvalue weighted by Gasteiger charge is 2.10. The fourth-order valence-corrected chi connectivity index (χ4v) is 2.17. The molecule has 3 aromatic rings. The minimum atomic E-state index is -0.369. The summed E-state index contributed by atoms with van der Waals surface area (Å²) >= 11 is 11.6. The van der Waals surface area contributed by atoms with E-state index < -0.39 is 0 Å². The molecule has 3 rings (SSSR count). The molecule has 0 atom stereocenters. The van der Waals surface area contributed by atoms with Gasteiger partial charge in [-0.1, -0.05) is 29.3 Å². The molecule has 6 nitrogen and oxygen atoms in total. The average molecular weight is 363 g/mol. The molecule has 0 unspecified atom stereocenters. The summed E-state index contributed by atoms with van der Waals surface area (Å²) < 4.78 is 7.06. The maximum Gasteiger partial charge on any atom is 0.277 e. The summed E-state index contributed by atoms with van der Waals surface area (Å²) in [5.74, 6) is 0.648. The van der Waals surface area contributed by atoms with Crippen molar-refractivity contribution in [3.8, 4) is 5.75 Å². The van der Waals surface area contributed by atoms with Gasteiger partial charge in [0.25, 0.3) is 5.91 Å². The Balaban J connectivity index is 1.60. The Bertz CT molecular complexity index is 849. The summed E-state index contributed by atoms with van der Waals surface area (Å²) in [6, 6.07) is 11.9. The van der Waals surface area contributed by atoms with Crippen LogP contribution < -0.4 is 10.1 Å². The van der Waals surface area contributed by atoms with E-state index in [1.54, 1.807) is 48.7 Å². The first-order chi connectivity index (χ1) is 11.6. The zero-order valence-corrected chi connectivity index (χ0v) is 13.8. The van der Waals surface area contributed by atoms with Crippen LogP contribution in [-0.4, -0.2) is 20.7 Å². The van der Waals surface area contributed by atoms with Crippen molar-refractivity contribution >= 4 is 34.9 Å². The van der Waals surface area contributed by atoms with Crippen LogP contribution in [0, 0.1) is 0 Å². The number of carbonyl (C=O) groups is 1. The molecule has 0 radical (unpaired) electrons. The zero-order chi connectivity index (χ0) is 16.9. The van der Waals surface area contributed by atoms with E-state index in [0.29, 0.717) is 21.6 Å². The highest BCUT2D eigenvalue weighted by Crippen LogP contribution is 2.17. The number of hydrogen-bond donors (Lipinski definition) is 1. The van der Waals surface area contributed by atoms with E-state index in [4.69, 9.17) is 27.9 Å². The van der Waals surface area contributed by atoms with Crippen LogP contribution in [0.15, 0.2) is 54.9 Å². The van der Waals surface area contributed by atoms with Crippen LogP contribution in [0.1, 0.15) is 10.5 Å². The number of anilines is 1. The number of benzene rings is 1. The average Bonchev–Trinajstić information content (AvgIpc) is 3.04. The highest BCUT2D eigenvalue weighted by molar-refractivity contribution is 6.30. The van der Waals surface area contributed by atoms with E-state index in [1.807, 2.05) is 0 Å². The number of pyridine rings is 1. The molecular weight excluding hydrogens is 351 g/mol. The van der Waals surface area contributed by atoms with Crippen molar-refractivity contribution in [2.75, 3.05) is 5.32 Å². The summed E-state index contributed by atoms with van der Waals surface area (Å²) in [4.78, 5) is 16.1. The van der Waals surface area contributed by atoms with Gasteiger partial charge in [0.05, 0.1) is 5.02 Å². The molecule has 8 heteroatoms. The molecule has 122 valence electrons. The topological polar surface area (TPSA) is 69.0 Å². The Labute approximate surface area is 148 Å². The van der Waals surface area contributed by atoms with Crippen LogP contribution in [0.4, 0.5) is 5.82 Å². The van der Waals surface area contributed by atoms with Crippen LogP contribution in [0.5, 0.6) is 5.75 Å². The summed E-state index contributed by atoms with van der Waals surface area (Å²) in [6.07, 6.45) is 3.10. The van der Waals surface area contributed by atoms with Crippen molar-refractivity contribution in [1.82, 2.24) is 14.8 Å². The number of nitrogens with zero attached hydrogens (tertiary/aromatic N) is 3. The minimum absolute atomic E-state index is 0.160. The number of nitrogens with one attached hydrogen (secondary N) is 1. The van der Waals surface area contributed by atoms with E-state index in [9.17, 15) is 4.79 Å². The van der Waals surface area contributed by atoms with Crippen molar-refractivity contribution in [3.05, 3.63) is 70.6 Å². The van der Waals surface area contributed by atoms with Gasteiger partial charge < -0.3 is 10.1 Å². The maximum atomic E-state index is 12.1. The second-order valence-electron chi connectivity index (χ2n) is 4.79. The smallest absolute Gasteiger partial charge is 0.277 e. The molecule has 24 heavy (non-hydrogen) atoms. The highest BCUT2D eigenvalue weighted by atomic mass is 35.5. The molecule has 0 spiro atoms. The molecule has 0 aliphatic rings. The number of amides is 1. The lowest BCUT2D eigenvalue weighted by Crippen LogP contribution is -2.15. The number of hydrogen-bond acceptors (Lipinski definition) is 4. The van der Waals surface area contributed by atoms with Gasteiger partial charge in [0, 0.05) is 17.4 Å². The number of rotatable bonds is 5. The predicted octanol–water partition coefficient (Wildman–Crippen LogP) is 3.87. The van der Waals surface area contributed by atoms with E-state index in [2.05, 4.69) is 15.4 Å². The fourth-order valence-electron chi connectivity index (χ4n) is 1.88. The zero-order valence-electron chi connectivity index (χ0n) is 12.3. The lowest BCUT2D eigenvalue weighted by molar-refractivity contribution is 0.102. The molecule has 0 bridgehead atoms. The van der Waals surface area contributed by atoms with Crippen molar-refractivity contribution in [2.24, 2.45) is 0 Å². The number of halogens is 2. The summed E-state index contributed by atoms with van der Waals surface area (Å²) in [6.45, 7) is 0.160. The molecule has 2 heterocycles. The lowest BCUT2D eigenvalue weighted by atomic mass is 10.3. The molecule has 0 saturated heterocycles. The first-order valence-electron chi connectivity index (χ1n) is 6.95. The normalized spacial score (nSPS) is 10.4. The number of carbonyl (C=O) groups excluding carboxylic acids is 1. The number of ether oxygens (including phenoxy) is 1. The van der Waals surface area contributed by atoms with E-state index in [1.165, 1.54) is 10.9 Å². The third kappa shape index (κ3) is 4.24. The van der Waals surface area contributed by atoms with Gasteiger partial charge in [-0.15, -0.1) is 0 Å². The van der Waals surface area contributed by atoms with Gasteiger partial charge in [0.2, 0.25) is 0 Å². The molecule has 0 fully saturated rings. The van der Waals surface area contributed by atoms with E-state index in [0.717, 1.165) is 0 Å². The third-order valence-corrected chi connectivity index (χ3v) is 3.46. The Hall–Kier alpha value is -2.57. The summed E-state index contributed by atoms with van der Waals surface area (Å²) in [5, 5.41) is 7.87. The first-order valence-corrected chi connectivity index (χ1v) is 7.70. The van der Waals surface area contributed by atoms with Crippen molar-refractivity contribution in [1.29, 1.82) is 0 Å². The van der Waals surface area contributed by atoms with Gasteiger partial charge in [-0.3, -0.25) is 4.79 Å². The molecule has 0 aliphatic carbocycles. The van der Waals surface area contributed by atoms with Crippen LogP contribution in [0.25, 0.3) is 0 Å². The Morgan fingerprint density at radius 3 is 2.79 bits per heavy atom. The third-order valence-electron chi connectivity index (χ3n) is 3.00. The fraction of sp³-hybridized carbons (Fsp3) is 0.0625. The largest absolute Gasteiger partial charge is 0.471 e. The minimum Gasteiger partial charge on any atom is -0.471 e. The molecule has 1 aromatic carbocycles.